The maximum absolute atomic E-state index is 5.80. The van der Waals surface area contributed by atoms with E-state index in [9.17, 15) is 0 Å². The first kappa shape index (κ1) is 15.4. The topological polar surface area (TPSA) is 34.2 Å². The largest absolute Gasteiger partial charge is 0.487 e. The molecule has 1 N–H and O–H groups in total. The van der Waals surface area contributed by atoms with Gasteiger partial charge in [0.1, 0.15) is 12.4 Å². The average molecular weight is 284 g/mol. The van der Waals surface area contributed by atoms with Crippen molar-refractivity contribution in [1.29, 1.82) is 0 Å². The normalized spacial score (nSPS) is 10.7. The van der Waals surface area contributed by atoms with Crippen molar-refractivity contribution in [2.45, 2.75) is 39.7 Å². The van der Waals surface area contributed by atoms with Gasteiger partial charge in [0.25, 0.3) is 0 Å². The van der Waals surface area contributed by atoms with Crippen molar-refractivity contribution in [3.63, 3.8) is 0 Å². The Kier molecular flexibility index (Phi) is 5.61. The van der Waals surface area contributed by atoms with Gasteiger partial charge in [-0.1, -0.05) is 32.9 Å². The lowest BCUT2D eigenvalue weighted by Crippen LogP contribution is -2.03. The molecular formula is C18H24N2O. The first-order valence-corrected chi connectivity index (χ1v) is 7.60. The number of hydrogen-bond donors (Lipinski definition) is 1. The van der Waals surface area contributed by atoms with Gasteiger partial charge in [-0.05, 0) is 42.2 Å². The molecule has 0 fully saturated rings. The lowest BCUT2D eigenvalue weighted by Gasteiger charge is -2.10. The van der Waals surface area contributed by atoms with Crippen LogP contribution in [0.2, 0.25) is 0 Å². The predicted octanol–water partition coefficient (Wildman–Crippen LogP) is 4.61. The molecule has 2 aromatic rings. The quantitative estimate of drug-likeness (QED) is 0.806. The van der Waals surface area contributed by atoms with Crippen LogP contribution < -0.4 is 10.1 Å². The van der Waals surface area contributed by atoms with Gasteiger partial charge in [-0.15, -0.1) is 0 Å². The highest BCUT2D eigenvalue weighted by Crippen LogP contribution is 2.19. The summed E-state index contributed by atoms with van der Waals surface area (Å²) in [5.41, 5.74) is 3.36. The number of anilines is 1. The predicted molar refractivity (Wildman–Crippen MR) is 87.9 cm³/mol. The van der Waals surface area contributed by atoms with Crippen LogP contribution in [0, 0.1) is 0 Å². The van der Waals surface area contributed by atoms with Crippen molar-refractivity contribution in [3.8, 4) is 5.75 Å². The minimum absolute atomic E-state index is 0.489. The Hall–Kier alpha value is -2.03. The summed E-state index contributed by atoms with van der Waals surface area (Å²) in [6.45, 7) is 7.99. The van der Waals surface area contributed by atoms with E-state index in [0.717, 1.165) is 30.1 Å². The van der Waals surface area contributed by atoms with Crippen molar-refractivity contribution in [1.82, 2.24) is 4.98 Å². The molecule has 3 nitrogen and oxygen atoms in total. The molecule has 112 valence electrons. The van der Waals surface area contributed by atoms with Gasteiger partial charge in [0.2, 0.25) is 0 Å². The minimum Gasteiger partial charge on any atom is -0.487 e. The van der Waals surface area contributed by atoms with E-state index in [1.54, 1.807) is 0 Å². The highest BCUT2D eigenvalue weighted by molar-refractivity contribution is 5.43. The van der Waals surface area contributed by atoms with Crippen molar-refractivity contribution in [3.05, 3.63) is 53.9 Å². The van der Waals surface area contributed by atoms with Gasteiger partial charge in [0.15, 0.2) is 0 Å². The molecule has 0 atom stereocenters. The zero-order chi connectivity index (χ0) is 15.1. The van der Waals surface area contributed by atoms with Crippen LogP contribution in [0.5, 0.6) is 5.75 Å². The molecular weight excluding hydrogens is 260 g/mol. The van der Waals surface area contributed by atoms with Gasteiger partial charge < -0.3 is 10.1 Å². The van der Waals surface area contributed by atoms with Crippen LogP contribution in [0.25, 0.3) is 0 Å². The second-order valence-corrected chi connectivity index (χ2v) is 5.48. The molecule has 0 aliphatic rings. The van der Waals surface area contributed by atoms with E-state index < -0.39 is 0 Å². The molecule has 0 saturated carbocycles. The van der Waals surface area contributed by atoms with Crippen LogP contribution >= 0.6 is 0 Å². The van der Waals surface area contributed by atoms with Crippen LogP contribution in [-0.2, 0) is 6.61 Å². The zero-order valence-electron chi connectivity index (χ0n) is 13.1. The summed E-state index contributed by atoms with van der Waals surface area (Å²) in [7, 11) is 0. The Morgan fingerprint density at radius 3 is 2.57 bits per heavy atom. The third-order valence-corrected chi connectivity index (χ3v) is 3.33. The molecule has 0 unspecified atom stereocenters. The second kappa shape index (κ2) is 7.67. The Balaban J connectivity index is 1.93. The van der Waals surface area contributed by atoms with Crippen LogP contribution in [0.3, 0.4) is 0 Å². The number of nitrogens with zero attached hydrogens (tertiary/aromatic N) is 1. The van der Waals surface area contributed by atoms with Gasteiger partial charge in [-0.3, -0.25) is 4.98 Å². The van der Waals surface area contributed by atoms with Crippen molar-refractivity contribution in [2.24, 2.45) is 0 Å². The summed E-state index contributed by atoms with van der Waals surface area (Å²) in [5, 5.41) is 3.36. The van der Waals surface area contributed by atoms with E-state index in [2.05, 4.69) is 43.2 Å². The van der Waals surface area contributed by atoms with Gasteiger partial charge in [0, 0.05) is 18.4 Å². The number of rotatable bonds is 7. The van der Waals surface area contributed by atoms with Gasteiger partial charge in [-0.2, -0.15) is 0 Å². The lowest BCUT2D eigenvalue weighted by molar-refractivity contribution is 0.301. The molecule has 0 amide bonds. The highest BCUT2D eigenvalue weighted by Gasteiger charge is 2.01. The third-order valence-electron chi connectivity index (χ3n) is 3.33. The second-order valence-electron chi connectivity index (χ2n) is 5.48. The van der Waals surface area contributed by atoms with Gasteiger partial charge >= 0.3 is 0 Å². The van der Waals surface area contributed by atoms with Crippen molar-refractivity contribution >= 4 is 5.69 Å². The SMILES string of the molecule is CCCNc1ccnc(COc2ccc(C(C)C)cc2)c1. The molecule has 1 aromatic heterocycles. The molecule has 2 rings (SSSR count). The minimum atomic E-state index is 0.489. The van der Waals surface area contributed by atoms with Crippen LogP contribution in [0.15, 0.2) is 42.6 Å². The van der Waals surface area contributed by atoms with E-state index in [1.807, 2.05) is 30.5 Å². The molecule has 1 aromatic carbocycles. The summed E-state index contributed by atoms with van der Waals surface area (Å²) in [4.78, 5) is 4.34. The van der Waals surface area contributed by atoms with Crippen molar-refractivity contribution < 1.29 is 4.74 Å². The van der Waals surface area contributed by atoms with Gasteiger partial charge in [0.05, 0.1) is 5.69 Å². The smallest absolute Gasteiger partial charge is 0.130 e. The maximum Gasteiger partial charge on any atom is 0.130 e. The summed E-state index contributed by atoms with van der Waals surface area (Å²) < 4.78 is 5.80. The van der Waals surface area contributed by atoms with E-state index in [4.69, 9.17) is 4.74 Å². The summed E-state index contributed by atoms with van der Waals surface area (Å²) in [6.07, 6.45) is 2.93. The molecule has 3 heteroatoms. The molecule has 0 aliphatic heterocycles. The molecule has 0 spiro atoms. The summed E-state index contributed by atoms with van der Waals surface area (Å²) in [6, 6.07) is 12.3. The van der Waals surface area contributed by atoms with E-state index in [-0.39, 0.29) is 0 Å². The fraction of sp³-hybridized carbons (Fsp3) is 0.389. The molecule has 0 bridgehead atoms. The van der Waals surface area contributed by atoms with E-state index in [0.29, 0.717) is 12.5 Å². The number of pyridine rings is 1. The Bertz CT molecular complexity index is 549. The van der Waals surface area contributed by atoms with Crippen LogP contribution in [0.4, 0.5) is 5.69 Å². The molecule has 1 heterocycles. The molecule has 21 heavy (non-hydrogen) atoms. The van der Waals surface area contributed by atoms with Gasteiger partial charge in [-0.25, -0.2) is 0 Å². The van der Waals surface area contributed by atoms with Crippen molar-refractivity contribution in [2.75, 3.05) is 11.9 Å². The fourth-order valence-corrected chi connectivity index (χ4v) is 2.04. The number of aromatic nitrogens is 1. The maximum atomic E-state index is 5.80. The first-order chi connectivity index (χ1) is 10.2. The Morgan fingerprint density at radius 2 is 1.90 bits per heavy atom. The van der Waals surface area contributed by atoms with Crippen LogP contribution in [0.1, 0.15) is 44.4 Å². The first-order valence-electron chi connectivity index (χ1n) is 7.60. The van der Waals surface area contributed by atoms with E-state index in [1.165, 1.54) is 5.56 Å². The fourth-order valence-electron chi connectivity index (χ4n) is 2.04. The van der Waals surface area contributed by atoms with Crippen LogP contribution in [-0.4, -0.2) is 11.5 Å². The molecule has 0 radical (unpaired) electrons. The monoisotopic (exact) mass is 284 g/mol. The number of ether oxygens (including phenoxy) is 1. The number of benzene rings is 1. The molecule has 0 saturated heterocycles. The summed E-state index contributed by atoms with van der Waals surface area (Å²) in [5.74, 6) is 1.43. The number of hydrogen-bond acceptors (Lipinski definition) is 3. The summed E-state index contributed by atoms with van der Waals surface area (Å²) >= 11 is 0. The standard InChI is InChI=1S/C18H24N2O/c1-4-10-19-16-9-11-20-17(12-16)13-21-18-7-5-15(6-8-18)14(2)3/h5-9,11-12,14H,4,10,13H2,1-3H3,(H,19,20). The Morgan fingerprint density at radius 1 is 1.14 bits per heavy atom. The molecule has 0 aliphatic carbocycles. The third kappa shape index (κ3) is 4.78. The van der Waals surface area contributed by atoms with E-state index >= 15 is 0 Å². The Labute approximate surface area is 127 Å². The lowest BCUT2D eigenvalue weighted by atomic mass is 10.0. The number of nitrogens with one attached hydrogen (secondary N) is 1. The highest BCUT2D eigenvalue weighted by atomic mass is 16.5. The zero-order valence-corrected chi connectivity index (χ0v) is 13.1. The average Bonchev–Trinajstić information content (AvgIpc) is 2.52.